The van der Waals surface area contributed by atoms with Gasteiger partial charge in [0.1, 0.15) is 29.8 Å². The van der Waals surface area contributed by atoms with Crippen molar-refractivity contribution in [2.75, 3.05) is 36.9 Å². The van der Waals surface area contributed by atoms with Gasteiger partial charge in [-0.25, -0.2) is 13.6 Å². The standard InChI is InChI=1S/C30H34F2N6O3/c1-30(2,3)27-18-28(37-41-27)34-29(39)33-24-10-7-19(15-23(24)32)25-17-26(36-35-25)21-9-8-20(16-22(21)31)40-14-13-38-11-5-4-6-12-38/h7-10,15-18H,4-6,11-14H2,1-3H3,(H,35,36)(H2,33,34,37,39). The van der Waals surface area contributed by atoms with Crippen LogP contribution in [-0.4, -0.2) is 52.5 Å². The van der Waals surface area contributed by atoms with Gasteiger partial charge in [-0.3, -0.25) is 15.3 Å². The molecule has 3 heterocycles. The van der Waals surface area contributed by atoms with Crippen molar-refractivity contribution in [1.82, 2.24) is 20.3 Å². The van der Waals surface area contributed by atoms with Crippen LogP contribution in [0.3, 0.4) is 0 Å². The second-order valence-corrected chi connectivity index (χ2v) is 11.2. The summed E-state index contributed by atoms with van der Waals surface area (Å²) in [5, 5.41) is 15.9. The molecule has 0 unspecified atom stereocenters. The van der Waals surface area contributed by atoms with Gasteiger partial charge in [-0.05, 0) is 56.3 Å². The lowest BCUT2D eigenvalue weighted by atomic mass is 9.93. The van der Waals surface area contributed by atoms with E-state index in [0.717, 1.165) is 19.6 Å². The number of anilines is 2. The first-order valence-corrected chi connectivity index (χ1v) is 13.7. The van der Waals surface area contributed by atoms with Crippen LogP contribution >= 0.6 is 0 Å². The van der Waals surface area contributed by atoms with E-state index in [1.165, 1.54) is 37.5 Å². The first-order chi connectivity index (χ1) is 19.7. The zero-order valence-corrected chi connectivity index (χ0v) is 23.4. The largest absolute Gasteiger partial charge is 0.492 e. The van der Waals surface area contributed by atoms with Crippen LogP contribution < -0.4 is 15.4 Å². The monoisotopic (exact) mass is 564 g/mol. The van der Waals surface area contributed by atoms with Gasteiger partial charge >= 0.3 is 6.03 Å². The van der Waals surface area contributed by atoms with E-state index >= 15 is 0 Å². The molecule has 0 bridgehead atoms. The van der Waals surface area contributed by atoms with Crippen molar-refractivity contribution < 1.29 is 22.8 Å². The average molecular weight is 565 g/mol. The minimum absolute atomic E-state index is 0.0246. The maximum absolute atomic E-state index is 14.9. The molecule has 2 amide bonds. The number of likely N-dealkylation sites (tertiary alicyclic amines) is 1. The number of piperidine rings is 1. The fourth-order valence-corrected chi connectivity index (χ4v) is 4.62. The molecule has 3 N–H and O–H groups in total. The molecule has 11 heteroatoms. The number of H-pyrrole nitrogens is 1. The molecule has 4 aromatic rings. The number of hydrogen-bond donors (Lipinski definition) is 3. The van der Waals surface area contributed by atoms with Gasteiger partial charge in [-0.2, -0.15) is 5.10 Å². The molecule has 0 atom stereocenters. The van der Waals surface area contributed by atoms with Crippen LogP contribution in [0.1, 0.15) is 45.8 Å². The molecule has 41 heavy (non-hydrogen) atoms. The summed E-state index contributed by atoms with van der Waals surface area (Å²) in [6.45, 7) is 9.36. The van der Waals surface area contributed by atoms with Crippen LogP contribution in [0, 0.1) is 11.6 Å². The van der Waals surface area contributed by atoms with Crippen LogP contribution in [0.15, 0.2) is 53.1 Å². The molecular weight excluding hydrogens is 530 g/mol. The number of ether oxygens (including phenoxy) is 1. The highest BCUT2D eigenvalue weighted by molar-refractivity contribution is 5.99. The van der Waals surface area contributed by atoms with Gasteiger partial charge in [0.25, 0.3) is 0 Å². The normalized spacial score (nSPS) is 14.2. The van der Waals surface area contributed by atoms with E-state index in [9.17, 15) is 13.6 Å². The first kappa shape index (κ1) is 28.3. The molecule has 9 nitrogen and oxygen atoms in total. The molecule has 0 saturated carbocycles. The van der Waals surface area contributed by atoms with Crippen molar-refractivity contribution in [3.8, 4) is 28.3 Å². The summed E-state index contributed by atoms with van der Waals surface area (Å²) in [4.78, 5) is 14.7. The highest BCUT2D eigenvalue weighted by atomic mass is 19.1. The number of amides is 2. The molecule has 1 aliphatic rings. The summed E-state index contributed by atoms with van der Waals surface area (Å²) >= 11 is 0. The summed E-state index contributed by atoms with van der Waals surface area (Å²) in [5.74, 6) is 0.186. The fourth-order valence-electron chi connectivity index (χ4n) is 4.62. The lowest BCUT2D eigenvalue weighted by Gasteiger charge is -2.26. The summed E-state index contributed by atoms with van der Waals surface area (Å²) < 4.78 is 40.8. The number of carbonyl (C=O) groups excluding carboxylic acids is 1. The van der Waals surface area contributed by atoms with Crippen molar-refractivity contribution in [3.63, 3.8) is 0 Å². The number of benzene rings is 2. The van der Waals surface area contributed by atoms with E-state index in [1.54, 1.807) is 30.3 Å². The molecule has 5 rings (SSSR count). The lowest BCUT2D eigenvalue weighted by Crippen LogP contribution is -2.33. The Kier molecular flexibility index (Phi) is 8.34. The SMILES string of the molecule is CC(C)(C)c1cc(NC(=O)Nc2ccc(-c3cc(-c4ccc(OCCN5CCCCC5)cc4F)[nH]n3)cc2F)no1. The summed E-state index contributed by atoms with van der Waals surface area (Å²) in [6, 6.07) is 11.6. The third kappa shape index (κ3) is 7.10. The third-order valence-electron chi connectivity index (χ3n) is 6.94. The van der Waals surface area contributed by atoms with Crippen LogP contribution in [0.25, 0.3) is 22.5 Å². The van der Waals surface area contributed by atoms with Crippen LogP contribution in [0.2, 0.25) is 0 Å². The highest BCUT2D eigenvalue weighted by Crippen LogP contribution is 2.30. The quantitative estimate of drug-likeness (QED) is 0.217. The smallest absolute Gasteiger partial charge is 0.325 e. The Morgan fingerprint density at radius 2 is 1.83 bits per heavy atom. The Labute approximate surface area is 237 Å². The molecule has 0 aliphatic carbocycles. The molecule has 2 aromatic carbocycles. The summed E-state index contributed by atoms with van der Waals surface area (Å²) in [5.41, 5.74) is 1.36. The number of aromatic nitrogens is 3. The molecule has 2 aromatic heterocycles. The number of hydrogen-bond acceptors (Lipinski definition) is 6. The van der Waals surface area contributed by atoms with E-state index in [1.807, 2.05) is 20.8 Å². The van der Waals surface area contributed by atoms with Crippen molar-refractivity contribution in [2.24, 2.45) is 0 Å². The number of rotatable bonds is 8. The number of halogens is 2. The van der Waals surface area contributed by atoms with Gasteiger partial charge < -0.3 is 14.6 Å². The number of nitrogens with one attached hydrogen (secondary N) is 3. The summed E-state index contributed by atoms with van der Waals surface area (Å²) in [6.07, 6.45) is 3.70. The average Bonchev–Trinajstić information content (AvgIpc) is 3.61. The zero-order valence-electron chi connectivity index (χ0n) is 23.4. The van der Waals surface area contributed by atoms with Gasteiger partial charge in [0.2, 0.25) is 0 Å². The predicted octanol–water partition coefficient (Wildman–Crippen LogP) is 6.82. The van der Waals surface area contributed by atoms with E-state index in [4.69, 9.17) is 9.26 Å². The Hall–Kier alpha value is -4.25. The van der Waals surface area contributed by atoms with Crippen molar-refractivity contribution in [2.45, 2.75) is 45.4 Å². The minimum atomic E-state index is -0.665. The number of urea groups is 1. The molecule has 216 valence electrons. The Balaban J connectivity index is 1.19. The Morgan fingerprint density at radius 3 is 2.54 bits per heavy atom. The number of nitrogens with zero attached hydrogens (tertiary/aromatic N) is 3. The number of carbonyl (C=O) groups is 1. The van der Waals surface area contributed by atoms with E-state index < -0.39 is 17.7 Å². The van der Waals surface area contributed by atoms with E-state index in [0.29, 0.717) is 40.6 Å². The van der Waals surface area contributed by atoms with Gasteiger partial charge in [0.05, 0.1) is 17.1 Å². The molecule has 0 radical (unpaired) electrons. The molecule has 1 aliphatic heterocycles. The highest BCUT2D eigenvalue weighted by Gasteiger charge is 2.21. The summed E-state index contributed by atoms with van der Waals surface area (Å²) in [7, 11) is 0. The Bertz CT molecular complexity index is 1500. The van der Waals surface area contributed by atoms with E-state index in [2.05, 4.69) is 30.9 Å². The maximum atomic E-state index is 14.9. The van der Waals surface area contributed by atoms with Crippen LogP contribution in [0.5, 0.6) is 5.75 Å². The zero-order chi connectivity index (χ0) is 29.0. The first-order valence-electron chi connectivity index (χ1n) is 13.7. The van der Waals surface area contributed by atoms with Crippen LogP contribution in [0.4, 0.5) is 25.1 Å². The van der Waals surface area contributed by atoms with Gasteiger partial charge in [-0.15, -0.1) is 0 Å². The molecule has 1 fully saturated rings. The molecule has 0 spiro atoms. The fraction of sp³-hybridized carbons (Fsp3) is 0.367. The number of aromatic amines is 1. The second kappa shape index (κ2) is 12.1. The van der Waals surface area contributed by atoms with Crippen molar-refractivity contribution in [1.29, 1.82) is 0 Å². The second-order valence-electron chi connectivity index (χ2n) is 11.2. The molecule has 1 saturated heterocycles. The maximum Gasteiger partial charge on any atom is 0.325 e. The molecular formula is C30H34F2N6O3. The van der Waals surface area contributed by atoms with Gasteiger partial charge in [-0.1, -0.05) is 38.4 Å². The van der Waals surface area contributed by atoms with Crippen molar-refractivity contribution in [3.05, 3.63) is 65.9 Å². The van der Waals surface area contributed by atoms with Gasteiger partial charge in [0, 0.05) is 35.2 Å². The van der Waals surface area contributed by atoms with Crippen LogP contribution in [-0.2, 0) is 5.41 Å². The lowest BCUT2D eigenvalue weighted by molar-refractivity contribution is 0.183. The van der Waals surface area contributed by atoms with E-state index in [-0.39, 0.29) is 16.9 Å². The predicted molar refractivity (Wildman–Crippen MR) is 153 cm³/mol. The topological polar surface area (TPSA) is 108 Å². The minimum Gasteiger partial charge on any atom is -0.492 e. The van der Waals surface area contributed by atoms with Gasteiger partial charge in [0.15, 0.2) is 5.82 Å². The Morgan fingerprint density at radius 1 is 1.02 bits per heavy atom. The van der Waals surface area contributed by atoms with Crippen molar-refractivity contribution >= 4 is 17.5 Å². The third-order valence-corrected chi connectivity index (χ3v) is 6.94.